The molecule has 1 saturated heterocycles. The number of nitrogens with zero attached hydrogens (tertiary/aromatic N) is 4. The molecule has 0 saturated carbocycles. The van der Waals surface area contributed by atoms with Gasteiger partial charge >= 0.3 is 0 Å². The highest BCUT2D eigenvalue weighted by Gasteiger charge is 2.20. The summed E-state index contributed by atoms with van der Waals surface area (Å²) >= 11 is 0. The third-order valence-electron chi connectivity index (χ3n) is 5.61. The second-order valence-corrected chi connectivity index (χ2v) is 7.82. The Balaban J connectivity index is 1.35. The summed E-state index contributed by atoms with van der Waals surface area (Å²) in [5.74, 6) is 0.486. The van der Waals surface area contributed by atoms with Crippen molar-refractivity contribution in [3.05, 3.63) is 78.5 Å². The summed E-state index contributed by atoms with van der Waals surface area (Å²) in [6, 6.07) is 15.9. The van der Waals surface area contributed by atoms with Crippen molar-refractivity contribution in [3.63, 3.8) is 0 Å². The van der Waals surface area contributed by atoms with Gasteiger partial charge in [-0.15, -0.1) is 0 Å². The van der Waals surface area contributed by atoms with E-state index in [2.05, 4.69) is 27.4 Å². The molecule has 4 heterocycles. The first-order valence-electron chi connectivity index (χ1n) is 10.7. The molecule has 4 aromatic rings. The van der Waals surface area contributed by atoms with Crippen LogP contribution in [0.4, 0.5) is 0 Å². The molecule has 1 atom stereocenters. The highest BCUT2D eigenvalue weighted by atomic mass is 16.5. The monoisotopic (exact) mass is 415 g/mol. The van der Waals surface area contributed by atoms with Gasteiger partial charge in [-0.05, 0) is 37.0 Å². The molecule has 0 bridgehead atoms. The van der Waals surface area contributed by atoms with E-state index in [-0.39, 0.29) is 12.0 Å². The smallest absolute Gasteiger partial charge is 0.272 e. The van der Waals surface area contributed by atoms with E-state index in [0.717, 1.165) is 43.6 Å². The number of rotatable bonds is 7. The minimum Gasteiger partial charge on any atom is -0.376 e. The van der Waals surface area contributed by atoms with Gasteiger partial charge in [0.05, 0.1) is 17.9 Å². The Bertz CT molecular complexity index is 1180. The normalized spacial score (nSPS) is 16.1. The number of hydrogen-bond donors (Lipinski definition) is 1. The largest absolute Gasteiger partial charge is 0.376 e. The van der Waals surface area contributed by atoms with Crippen molar-refractivity contribution in [2.24, 2.45) is 0 Å². The summed E-state index contributed by atoms with van der Waals surface area (Å²) in [4.78, 5) is 22.1. The fourth-order valence-corrected chi connectivity index (χ4v) is 4.03. The van der Waals surface area contributed by atoms with E-state index in [1.807, 2.05) is 57.8 Å². The van der Waals surface area contributed by atoms with Crippen LogP contribution in [-0.2, 0) is 17.7 Å². The number of ether oxygens (including phenoxy) is 1. The van der Waals surface area contributed by atoms with E-state index in [1.54, 1.807) is 6.33 Å². The molecule has 0 radical (unpaired) electrons. The molecule has 3 aromatic heterocycles. The molecule has 0 unspecified atom stereocenters. The zero-order valence-corrected chi connectivity index (χ0v) is 17.3. The van der Waals surface area contributed by atoms with E-state index < -0.39 is 0 Å². The molecular formula is C24H25N5O2. The number of pyridine rings is 1. The van der Waals surface area contributed by atoms with E-state index in [1.165, 1.54) is 5.56 Å². The number of amides is 1. The maximum atomic E-state index is 12.9. The van der Waals surface area contributed by atoms with Gasteiger partial charge in [0.25, 0.3) is 5.91 Å². The number of aromatic nitrogens is 4. The molecule has 7 nitrogen and oxygen atoms in total. The summed E-state index contributed by atoms with van der Waals surface area (Å²) in [5, 5.41) is 3.00. The number of carbonyl (C=O) groups excluding carboxylic acids is 1. The first-order chi connectivity index (χ1) is 15.3. The summed E-state index contributed by atoms with van der Waals surface area (Å²) in [7, 11) is 0. The Labute approximate surface area is 180 Å². The molecule has 1 aromatic carbocycles. The van der Waals surface area contributed by atoms with Crippen LogP contribution in [0.2, 0.25) is 0 Å². The molecule has 1 aliphatic rings. The Morgan fingerprint density at radius 3 is 2.87 bits per heavy atom. The number of fused-ring (bicyclic) bond motifs is 1. The number of carbonyl (C=O) groups is 1. The van der Waals surface area contributed by atoms with Crippen LogP contribution in [0.15, 0.2) is 67.3 Å². The van der Waals surface area contributed by atoms with Crippen molar-refractivity contribution in [1.29, 1.82) is 0 Å². The van der Waals surface area contributed by atoms with Gasteiger partial charge in [0.15, 0.2) is 11.5 Å². The summed E-state index contributed by atoms with van der Waals surface area (Å²) in [6.07, 6.45) is 8.90. The summed E-state index contributed by atoms with van der Waals surface area (Å²) < 4.78 is 9.68. The lowest BCUT2D eigenvalue weighted by Crippen LogP contribution is -2.26. The lowest BCUT2D eigenvalue weighted by molar-refractivity contribution is 0.0951. The SMILES string of the molecule is O=C(NCCc1ccccc1)c1nc(-c2cn(C[C@@H]3CCCO3)cn2)n2ccccc12. The van der Waals surface area contributed by atoms with Crippen LogP contribution in [-0.4, -0.2) is 44.1 Å². The van der Waals surface area contributed by atoms with Crippen LogP contribution in [0.5, 0.6) is 0 Å². The van der Waals surface area contributed by atoms with Crippen LogP contribution < -0.4 is 5.32 Å². The maximum Gasteiger partial charge on any atom is 0.272 e. The van der Waals surface area contributed by atoms with Gasteiger partial charge in [-0.2, -0.15) is 0 Å². The summed E-state index contributed by atoms with van der Waals surface area (Å²) in [6.45, 7) is 2.17. The maximum absolute atomic E-state index is 12.9. The fraction of sp³-hybridized carbons (Fsp3) is 0.292. The lowest BCUT2D eigenvalue weighted by atomic mass is 10.1. The Kier molecular flexibility index (Phi) is 5.50. The van der Waals surface area contributed by atoms with Crippen molar-refractivity contribution in [2.75, 3.05) is 13.2 Å². The second-order valence-electron chi connectivity index (χ2n) is 7.82. The first-order valence-corrected chi connectivity index (χ1v) is 10.7. The Morgan fingerprint density at radius 1 is 1.16 bits per heavy atom. The molecule has 5 rings (SSSR count). The average molecular weight is 415 g/mol. The van der Waals surface area contributed by atoms with E-state index in [4.69, 9.17) is 4.74 Å². The second kappa shape index (κ2) is 8.73. The van der Waals surface area contributed by atoms with Crippen molar-refractivity contribution < 1.29 is 9.53 Å². The van der Waals surface area contributed by atoms with Crippen molar-refractivity contribution in [2.45, 2.75) is 31.9 Å². The highest BCUT2D eigenvalue weighted by Crippen LogP contribution is 2.22. The zero-order valence-electron chi connectivity index (χ0n) is 17.3. The van der Waals surface area contributed by atoms with Crippen molar-refractivity contribution in [3.8, 4) is 11.5 Å². The van der Waals surface area contributed by atoms with Gasteiger partial charge in [-0.3, -0.25) is 9.20 Å². The van der Waals surface area contributed by atoms with Crippen LogP contribution in [0, 0.1) is 0 Å². The van der Waals surface area contributed by atoms with Gasteiger partial charge < -0.3 is 14.6 Å². The van der Waals surface area contributed by atoms with E-state index in [0.29, 0.717) is 18.1 Å². The molecule has 31 heavy (non-hydrogen) atoms. The molecular weight excluding hydrogens is 390 g/mol. The molecule has 1 N–H and O–H groups in total. The van der Waals surface area contributed by atoms with Gasteiger partial charge in [-0.25, -0.2) is 9.97 Å². The predicted octanol–water partition coefficient (Wildman–Crippen LogP) is 3.35. The topological polar surface area (TPSA) is 73.5 Å². The minimum atomic E-state index is -0.176. The molecule has 1 amide bonds. The number of nitrogens with one attached hydrogen (secondary N) is 1. The molecule has 0 aliphatic carbocycles. The van der Waals surface area contributed by atoms with Crippen LogP contribution in [0.3, 0.4) is 0 Å². The molecule has 1 fully saturated rings. The summed E-state index contributed by atoms with van der Waals surface area (Å²) in [5.41, 5.74) is 3.11. The zero-order chi connectivity index (χ0) is 21.0. The average Bonchev–Trinajstić information content (AvgIpc) is 3.55. The third kappa shape index (κ3) is 4.22. The molecule has 7 heteroatoms. The minimum absolute atomic E-state index is 0.176. The van der Waals surface area contributed by atoms with Gasteiger partial charge in [0.2, 0.25) is 0 Å². The Morgan fingerprint density at radius 2 is 2.03 bits per heavy atom. The van der Waals surface area contributed by atoms with Crippen LogP contribution in [0.1, 0.15) is 28.9 Å². The van der Waals surface area contributed by atoms with Gasteiger partial charge in [0, 0.05) is 32.1 Å². The lowest BCUT2D eigenvalue weighted by Gasteiger charge is -2.08. The third-order valence-corrected chi connectivity index (χ3v) is 5.61. The number of hydrogen-bond acceptors (Lipinski definition) is 4. The fourth-order valence-electron chi connectivity index (χ4n) is 4.03. The highest BCUT2D eigenvalue weighted by molar-refractivity contribution is 5.99. The van der Waals surface area contributed by atoms with Crippen LogP contribution >= 0.6 is 0 Å². The Hall–Kier alpha value is -3.45. The van der Waals surface area contributed by atoms with Gasteiger partial charge in [-0.1, -0.05) is 36.4 Å². The van der Waals surface area contributed by atoms with E-state index in [9.17, 15) is 4.79 Å². The predicted molar refractivity (Wildman–Crippen MR) is 118 cm³/mol. The van der Waals surface area contributed by atoms with E-state index >= 15 is 0 Å². The number of benzene rings is 1. The molecule has 158 valence electrons. The van der Waals surface area contributed by atoms with Crippen LogP contribution in [0.25, 0.3) is 17.0 Å². The first kappa shape index (κ1) is 19.5. The molecule has 0 spiro atoms. The van der Waals surface area contributed by atoms with Gasteiger partial charge in [0.1, 0.15) is 5.69 Å². The number of imidazole rings is 2. The molecule has 1 aliphatic heterocycles. The standard InChI is InChI=1S/C24H25N5O2/c30-24(25-12-11-18-7-2-1-3-8-18)22-21-10-4-5-13-29(21)23(27-22)20-16-28(17-26-20)15-19-9-6-14-31-19/h1-5,7-8,10,13,16-17,19H,6,9,11-12,14-15H2,(H,25,30)/t19-/m0/s1. The quantitative estimate of drug-likeness (QED) is 0.502. The van der Waals surface area contributed by atoms with Crippen molar-refractivity contribution >= 4 is 11.4 Å². The van der Waals surface area contributed by atoms with Crippen molar-refractivity contribution in [1.82, 2.24) is 24.3 Å².